The zero-order valence-electron chi connectivity index (χ0n) is 11.5. The Morgan fingerprint density at radius 2 is 2.05 bits per heavy atom. The summed E-state index contributed by atoms with van der Waals surface area (Å²) in [7, 11) is 0. The van der Waals surface area contributed by atoms with Gasteiger partial charge in [0, 0.05) is 12.1 Å². The van der Waals surface area contributed by atoms with Crippen molar-refractivity contribution < 1.29 is 4.39 Å². The van der Waals surface area contributed by atoms with Gasteiger partial charge in [0.2, 0.25) is 0 Å². The summed E-state index contributed by atoms with van der Waals surface area (Å²) in [5, 5.41) is 0. The summed E-state index contributed by atoms with van der Waals surface area (Å²) < 4.78 is 17.2. The van der Waals surface area contributed by atoms with E-state index in [1.165, 1.54) is 25.7 Å². The van der Waals surface area contributed by atoms with E-state index in [-0.39, 0.29) is 5.82 Å². The standard InChI is InChI=1S/C15H18BrFN2S/c1-9-5-3-2-4-6-13(9)19-14-8-11(17)10(16)7-12(14)18-15(19)20/h7-9,13H,2-6H2,1H3,(H,18,20). The second-order valence-corrected chi connectivity index (χ2v) is 7.01. The van der Waals surface area contributed by atoms with Crippen LogP contribution in [0.3, 0.4) is 0 Å². The predicted octanol–water partition coefficient (Wildman–Crippen LogP) is 5.74. The summed E-state index contributed by atoms with van der Waals surface area (Å²) in [5.41, 5.74) is 1.79. The minimum atomic E-state index is -0.235. The molecule has 1 aliphatic carbocycles. The molecule has 108 valence electrons. The van der Waals surface area contributed by atoms with Crippen molar-refractivity contribution in [1.29, 1.82) is 0 Å². The van der Waals surface area contributed by atoms with Gasteiger partial charge >= 0.3 is 0 Å². The molecule has 0 radical (unpaired) electrons. The van der Waals surface area contributed by atoms with E-state index in [1.807, 2.05) is 0 Å². The minimum absolute atomic E-state index is 0.235. The zero-order valence-corrected chi connectivity index (χ0v) is 13.9. The Kier molecular flexibility index (Phi) is 4.00. The van der Waals surface area contributed by atoms with Gasteiger partial charge in [0.1, 0.15) is 5.82 Å². The van der Waals surface area contributed by atoms with Crippen LogP contribution >= 0.6 is 28.1 Å². The van der Waals surface area contributed by atoms with Gasteiger partial charge in [-0.25, -0.2) is 4.39 Å². The first-order valence-electron chi connectivity index (χ1n) is 7.17. The number of hydrogen-bond acceptors (Lipinski definition) is 1. The van der Waals surface area contributed by atoms with Gasteiger partial charge in [0.15, 0.2) is 4.77 Å². The van der Waals surface area contributed by atoms with Crippen molar-refractivity contribution in [2.75, 3.05) is 0 Å². The van der Waals surface area contributed by atoms with E-state index in [9.17, 15) is 4.39 Å². The maximum absolute atomic E-state index is 13.9. The van der Waals surface area contributed by atoms with E-state index in [0.717, 1.165) is 17.5 Å². The van der Waals surface area contributed by atoms with Gasteiger partial charge in [0.05, 0.1) is 15.5 Å². The third-order valence-corrected chi connectivity index (χ3v) is 5.31. The number of aromatic nitrogens is 2. The number of nitrogens with zero attached hydrogens (tertiary/aromatic N) is 1. The molecule has 3 rings (SSSR count). The molecular weight excluding hydrogens is 339 g/mol. The highest BCUT2D eigenvalue weighted by molar-refractivity contribution is 9.10. The molecule has 5 heteroatoms. The molecule has 2 unspecified atom stereocenters. The van der Waals surface area contributed by atoms with Crippen LogP contribution in [0.5, 0.6) is 0 Å². The van der Waals surface area contributed by atoms with E-state index >= 15 is 0 Å². The number of aromatic amines is 1. The number of hydrogen-bond donors (Lipinski definition) is 1. The molecule has 0 saturated heterocycles. The number of halogens is 2. The summed E-state index contributed by atoms with van der Waals surface area (Å²) in [6, 6.07) is 3.74. The Morgan fingerprint density at radius 3 is 2.85 bits per heavy atom. The third kappa shape index (κ3) is 2.46. The molecule has 20 heavy (non-hydrogen) atoms. The van der Waals surface area contributed by atoms with Crippen LogP contribution in [0.2, 0.25) is 0 Å². The van der Waals surface area contributed by atoms with Crippen LogP contribution in [0.15, 0.2) is 16.6 Å². The van der Waals surface area contributed by atoms with Crippen molar-refractivity contribution in [2.24, 2.45) is 5.92 Å². The lowest BCUT2D eigenvalue weighted by Gasteiger charge is -2.23. The first-order valence-corrected chi connectivity index (χ1v) is 8.37. The fourth-order valence-electron chi connectivity index (χ4n) is 3.31. The Balaban J connectivity index is 2.17. The van der Waals surface area contributed by atoms with Crippen LogP contribution < -0.4 is 0 Å². The van der Waals surface area contributed by atoms with E-state index in [4.69, 9.17) is 12.2 Å². The minimum Gasteiger partial charge on any atom is -0.331 e. The Morgan fingerprint density at radius 1 is 1.30 bits per heavy atom. The Labute approximate surface area is 131 Å². The normalized spacial score (nSPS) is 23.9. The lowest BCUT2D eigenvalue weighted by molar-refractivity contribution is 0.338. The monoisotopic (exact) mass is 356 g/mol. The highest BCUT2D eigenvalue weighted by Gasteiger charge is 2.24. The average molecular weight is 357 g/mol. The lowest BCUT2D eigenvalue weighted by atomic mass is 9.96. The van der Waals surface area contributed by atoms with Crippen molar-refractivity contribution in [3.8, 4) is 0 Å². The third-order valence-electron chi connectivity index (χ3n) is 4.41. The van der Waals surface area contributed by atoms with Crippen LogP contribution in [-0.4, -0.2) is 9.55 Å². The van der Waals surface area contributed by atoms with Crippen LogP contribution in [-0.2, 0) is 0 Å². The summed E-state index contributed by atoms with van der Waals surface area (Å²) >= 11 is 8.72. The van der Waals surface area contributed by atoms with Gasteiger partial charge < -0.3 is 9.55 Å². The number of fused-ring (bicyclic) bond motifs is 1. The molecule has 2 nitrogen and oxygen atoms in total. The summed E-state index contributed by atoms with van der Waals surface area (Å²) in [6.45, 7) is 2.28. The fourth-order valence-corrected chi connectivity index (χ4v) is 3.99. The van der Waals surface area contributed by atoms with Crippen LogP contribution in [0.1, 0.15) is 45.1 Å². The molecule has 1 heterocycles. The summed E-state index contributed by atoms with van der Waals surface area (Å²) in [6.07, 6.45) is 6.14. The average Bonchev–Trinajstić information content (AvgIpc) is 2.58. The Bertz CT molecular complexity index is 691. The predicted molar refractivity (Wildman–Crippen MR) is 86.1 cm³/mol. The molecule has 0 aliphatic heterocycles. The van der Waals surface area contributed by atoms with Crippen molar-refractivity contribution in [2.45, 2.75) is 45.1 Å². The van der Waals surface area contributed by atoms with Crippen LogP contribution in [0, 0.1) is 16.5 Å². The summed E-state index contributed by atoms with van der Waals surface area (Å²) in [5.74, 6) is 0.344. The fraction of sp³-hybridized carbons (Fsp3) is 0.533. The van der Waals surface area contributed by atoms with E-state index in [1.54, 1.807) is 12.1 Å². The van der Waals surface area contributed by atoms with Gasteiger partial charge in [0.25, 0.3) is 0 Å². The van der Waals surface area contributed by atoms with Crippen molar-refractivity contribution in [1.82, 2.24) is 9.55 Å². The van der Waals surface area contributed by atoms with Gasteiger partial charge in [-0.15, -0.1) is 0 Å². The number of benzene rings is 1. The Hall–Kier alpha value is -0.680. The maximum atomic E-state index is 13.9. The van der Waals surface area contributed by atoms with Crippen LogP contribution in [0.4, 0.5) is 4.39 Å². The molecule has 0 bridgehead atoms. The van der Waals surface area contributed by atoms with E-state index < -0.39 is 0 Å². The van der Waals surface area contributed by atoms with Crippen LogP contribution in [0.25, 0.3) is 11.0 Å². The first-order chi connectivity index (χ1) is 9.58. The van der Waals surface area contributed by atoms with E-state index in [0.29, 0.717) is 21.2 Å². The highest BCUT2D eigenvalue weighted by Crippen LogP contribution is 2.35. The quantitative estimate of drug-likeness (QED) is 0.510. The van der Waals surface area contributed by atoms with Crippen molar-refractivity contribution in [3.05, 3.63) is 27.2 Å². The molecule has 1 N–H and O–H groups in total. The number of H-pyrrole nitrogens is 1. The zero-order chi connectivity index (χ0) is 14.3. The molecule has 1 fully saturated rings. The van der Waals surface area contributed by atoms with Gasteiger partial charge in [-0.05, 0) is 53.0 Å². The molecule has 0 spiro atoms. The SMILES string of the molecule is CC1CCCCCC1n1c(=S)[nH]c2cc(Br)c(F)cc21. The first kappa shape index (κ1) is 14.3. The maximum Gasteiger partial charge on any atom is 0.178 e. The topological polar surface area (TPSA) is 20.7 Å². The largest absolute Gasteiger partial charge is 0.331 e. The van der Waals surface area contributed by atoms with Gasteiger partial charge in [-0.1, -0.05) is 26.2 Å². The highest BCUT2D eigenvalue weighted by atomic mass is 79.9. The second-order valence-electron chi connectivity index (χ2n) is 5.77. The number of nitrogens with one attached hydrogen (secondary N) is 1. The molecule has 1 aromatic heterocycles. The summed E-state index contributed by atoms with van der Waals surface area (Å²) in [4.78, 5) is 3.21. The number of imidazole rings is 1. The molecule has 1 saturated carbocycles. The van der Waals surface area contributed by atoms with E-state index in [2.05, 4.69) is 32.4 Å². The lowest BCUT2D eigenvalue weighted by Crippen LogP contribution is -2.16. The van der Waals surface area contributed by atoms with Crippen molar-refractivity contribution >= 4 is 39.2 Å². The molecule has 2 atom stereocenters. The van der Waals surface area contributed by atoms with Gasteiger partial charge in [-0.3, -0.25) is 0 Å². The second kappa shape index (κ2) is 5.60. The number of rotatable bonds is 1. The molecular formula is C15H18BrFN2S. The molecule has 1 aromatic carbocycles. The van der Waals surface area contributed by atoms with Gasteiger partial charge in [-0.2, -0.15) is 0 Å². The molecule has 0 amide bonds. The van der Waals surface area contributed by atoms with Crippen molar-refractivity contribution in [3.63, 3.8) is 0 Å². The molecule has 2 aromatic rings. The molecule has 1 aliphatic rings. The smallest absolute Gasteiger partial charge is 0.178 e.